The molecule has 9 nitrogen and oxygen atoms in total. The molecule has 37 heavy (non-hydrogen) atoms. The van der Waals surface area contributed by atoms with Crippen LogP contribution < -0.4 is 19.9 Å². The first-order chi connectivity index (χ1) is 17.7. The van der Waals surface area contributed by atoms with Gasteiger partial charge in [-0.2, -0.15) is 4.31 Å². The molecule has 2 aromatic rings. The molecule has 0 radical (unpaired) electrons. The zero-order valence-electron chi connectivity index (χ0n) is 21.3. The molecule has 1 amide bonds. The summed E-state index contributed by atoms with van der Waals surface area (Å²) >= 11 is 0. The third kappa shape index (κ3) is 5.83. The van der Waals surface area contributed by atoms with Crippen LogP contribution in [0.15, 0.2) is 36.4 Å². The fourth-order valence-electron chi connectivity index (χ4n) is 5.17. The number of carbonyl (C=O) groups excluding carboxylic acids is 1. The molecule has 11 heteroatoms. The van der Waals surface area contributed by atoms with Crippen LogP contribution in [0.3, 0.4) is 0 Å². The van der Waals surface area contributed by atoms with Crippen molar-refractivity contribution in [2.75, 3.05) is 80.8 Å². The molecular formula is C26H34FN5O4S. The van der Waals surface area contributed by atoms with Gasteiger partial charge in [0.2, 0.25) is 10.0 Å². The summed E-state index contributed by atoms with van der Waals surface area (Å²) in [4.78, 5) is 19.6. The largest absolute Gasteiger partial charge is 0.478 e. The Hall–Kier alpha value is -2.89. The van der Waals surface area contributed by atoms with E-state index in [1.165, 1.54) is 22.7 Å². The molecule has 2 fully saturated rings. The van der Waals surface area contributed by atoms with E-state index in [1.54, 1.807) is 0 Å². The number of carbonyl (C=O) groups is 1. The van der Waals surface area contributed by atoms with Crippen molar-refractivity contribution in [1.29, 1.82) is 0 Å². The molecule has 5 rings (SSSR count). The first-order valence-corrected chi connectivity index (χ1v) is 14.6. The number of nitrogens with zero attached hydrogens (tertiary/aromatic N) is 4. The summed E-state index contributed by atoms with van der Waals surface area (Å²) < 4.78 is 45.5. The fraction of sp³-hybridized carbons (Fsp3) is 0.500. The van der Waals surface area contributed by atoms with Crippen LogP contribution in [0.4, 0.5) is 21.5 Å². The first-order valence-electron chi connectivity index (χ1n) is 12.7. The number of aryl methyl sites for hydroxylation is 1. The van der Waals surface area contributed by atoms with E-state index in [0.29, 0.717) is 50.5 Å². The quantitative estimate of drug-likeness (QED) is 0.632. The predicted molar refractivity (Wildman–Crippen MR) is 143 cm³/mol. The van der Waals surface area contributed by atoms with Gasteiger partial charge in [0.15, 0.2) is 6.10 Å². The SMILES string of the molecule is CN1CCN(c2cc(F)cc3c2OC(C(=O)Nc2ccc(N4CCN(S(C)(=O)=O)CC4)cc2)CC3)CC1. The Balaban J connectivity index is 1.22. The van der Waals surface area contributed by atoms with Gasteiger partial charge in [0.25, 0.3) is 5.91 Å². The van der Waals surface area contributed by atoms with Crippen LogP contribution >= 0.6 is 0 Å². The lowest BCUT2D eigenvalue weighted by Crippen LogP contribution is -2.48. The first kappa shape index (κ1) is 25.7. The van der Waals surface area contributed by atoms with Crippen LogP contribution in [-0.4, -0.2) is 95.3 Å². The number of fused-ring (bicyclic) bond motifs is 1. The van der Waals surface area contributed by atoms with E-state index in [9.17, 15) is 17.6 Å². The number of hydrogen-bond donors (Lipinski definition) is 1. The maximum absolute atomic E-state index is 14.4. The molecule has 200 valence electrons. The van der Waals surface area contributed by atoms with Crippen molar-refractivity contribution < 1.29 is 22.3 Å². The highest BCUT2D eigenvalue weighted by Gasteiger charge is 2.31. The molecule has 3 aliphatic heterocycles. The number of hydrogen-bond acceptors (Lipinski definition) is 7. The number of anilines is 3. The zero-order chi connectivity index (χ0) is 26.2. The monoisotopic (exact) mass is 531 g/mol. The van der Waals surface area contributed by atoms with Crippen LogP contribution in [0.2, 0.25) is 0 Å². The second kappa shape index (κ2) is 10.5. The van der Waals surface area contributed by atoms with Crippen molar-refractivity contribution >= 4 is 33.0 Å². The molecular weight excluding hydrogens is 497 g/mol. The summed E-state index contributed by atoms with van der Waals surface area (Å²) in [6.07, 6.45) is 1.63. The highest BCUT2D eigenvalue weighted by molar-refractivity contribution is 7.88. The second-order valence-electron chi connectivity index (χ2n) is 10.0. The summed E-state index contributed by atoms with van der Waals surface area (Å²) in [6.45, 7) is 5.48. The maximum Gasteiger partial charge on any atom is 0.265 e. The van der Waals surface area contributed by atoms with Crippen molar-refractivity contribution in [2.45, 2.75) is 18.9 Å². The van der Waals surface area contributed by atoms with Gasteiger partial charge in [-0.15, -0.1) is 0 Å². The molecule has 1 unspecified atom stereocenters. The summed E-state index contributed by atoms with van der Waals surface area (Å²) in [6, 6.07) is 10.6. The molecule has 2 saturated heterocycles. The lowest BCUT2D eigenvalue weighted by Gasteiger charge is -2.37. The van der Waals surface area contributed by atoms with E-state index < -0.39 is 16.1 Å². The van der Waals surface area contributed by atoms with Gasteiger partial charge in [0, 0.05) is 69.8 Å². The van der Waals surface area contributed by atoms with Crippen LogP contribution in [-0.2, 0) is 21.2 Å². The molecule has 3 aliphatic rings. The van der Waals surface area contributed by atoms with E-state index in [1.807, 2.05) is 24.3 Å². The van der Waals surface area contributed by atoms with E-state index >= 15 is 0 Å². The Morgan fingerprint density at radius 2 is 1.62 bits per heavy atom. The molecule has 3 heterocycles. The number of likely N-dealkylation sites (N-methyl/N-ethyl adjacent to an activating group) is 1. The summed E-state index contributed by atoms with van der Waals surface area (Å²) in [5.41, 5.74) is 3.17. The highest BCUT2D eigenvalue weighted by Crippen LogP contribution is 2.39. The molecule has 0 saturated carbocycles. The van der Waals surface area contributed by atoms with Gasteiger partial charge in [-0.25, -0.2) is 12.8 Å². The number of benzene rings is 2. The normalized spacial score (nSPS) is 21.3. The number of nitrogens with one attached hydrogen (secondary N) is 1. The molecule has 0 aliphatic carbocycles. The molecule has 0 spiro atoms. The number of halogens is 1. The van der Waals surface area contributed by atoms with E-state index in [0.717, 1.165) is 43.1 Å². The summed E-state index contributed by atoms with van der Waals surface area (Å²) in [5, 5.41) is 2.95. The minimum absolute atomic E-state index is 0.228. The van der Waals surface area contributed by atoms with Gasteiger partial charge >= 0.3 is 0 Å². The number of amides is 1. The summed E-state index contributed by atoms with van der Waals surface area (Å²) in [7, 11) is -1.10. The van der Waals surface area contributed by atoms with Gasteiger partial charge in [-0.1, -0.05) is 0 Å². The van der Waals surface area contributed by atoms with Gasteiger partial charge < -0.3 is 24.8 Å². The summed E-state index contributed by atoms with van der Waals surface area (Å²) in [5.74, 6) is 0.103. The Bertz CT molecular complexity index is 1240. The van der Waals surface area contributed by atoms with Crippen molar-refractivity contribution in [3.05, 3.63) is 47.8 Å². The average Bonchev–Trinajstić information content (AvgIpc) is 2.88. The van der Waals surface area contributed by atoms with Gasteiger partial charge in [0.1, 0.15) is 11.6 Å². The van der Waals surface area contributed by atoms with Crippen molar-refractivity contribution in [3.63, 3.8) is 0 Å². The van der Waals surface area contributed by atoms with Gasteiger partial charge in [-0.05, 0) is 55.8 Å². The Kier molecular flexibility index (Phi) is 7.28. The lowest BCUT2D eigenvalue weighted by molar-refractivity contribution is -0.123. The number of ether oxygens (including phenoxy) is 1. The Morgan fingerprint density at radius 1 is 0.973 bits per heavy atom. The average molecular weight is 532 g/mol. The Labute approximate surface area is 217 Å². The standard InChI is InChI=1S/C26H34FN5O4S/c1-29-9-11-31(12-10-29)23-18-20(27)17-19-3-8-24(36-25(19)23)26(33)28-21-4-6-22(7-5-21)30-13-15-32(16-14-30)37(2,34)35/h4-7,17-18,24H,3,8-16H2,1-2H3,(H,28,33). The smallest absolute Gasteiger partial charge is 0.265 e. The van der Waals surface area contributed by atoms with Crippen molar-refractivity contribution in [3.8, 4) is 5.75 Å². The number of sulfonamides is 1. The minimum Gasteiger partial charge on any atom is -0.478 e. The lowest BCUT2D eigenvalue weighted by atomic mass is 9.99. The molecule has 0 bridgehead atoms. The molecule has 0 aromatic heterocycles. The number of rotatable bonds is 5. The van der Waals surface area contributed by atoms with E-state index in [-0.39, 0.29) is 11.7 Å². The van der Waals surface area contributed by atoms with Gasteiger partial charge in [-0.3, -0.25) is 4.79 Å². The molecule has 2 aromatic carbocycles. The minimum atomic E-state index is -3.17. The predicted octanol–water partition coefficient (Wildman–Crippen LogP) is 1.99. The molecule has 1 atom stereocenters. The van der Waals surface area contributed by atoms with Crippen molar-refractivity contribution in [1.82, 2.24) is 9.21 Å². The second-order valence-corrected chi connectivity index (χ2v) is 12.0. The highest BCUT2D eigenvalue weighted by atomic mass is 32.2. The van der Waals surface area contributed by atoms with Crippen LogP contribution in [0.1, 0.15) is 12.0 Å². The Morgan fingerprint density at radius 3 is 2.27 bits per heavy atom. The topological polar surface area (TPSA) is 85.4 Å². The third-order valence-electron chi connectivity index (χ3n) is 7.39. The van der Waals surface area contributed by atoms with E-state index in [4.69, 9.17) is 4.74 Å². The van der Waals surface area contributed by atoms with Crippen LogP contribution in [0, 0.1) is 5.82 Å². The fourth-order valence-corrected chi connectivity index (χ4v) is 5.99. The van der Waals surface area contributed by atoms with Crippen LogP contribution in [0.25, 0.3) is 0 Å². The number of piperazine rings is 2. The van der Waals surface area contributed by atoms with Gasteiger partial charge in [0.05, 0.1) is 11.9 Å². The van der Waals surface area contributed by atoms with E-state index in [2.05, 4.69) is 27.1 Å². The zero-order valence-corrected chi connectivity index (χ0v) is 22.1. The maximum atomic E-state index is 14.4. The molecule has 1 N–H and O–H groups in total. The van der Waals surface area contributed by atoms with Crippen LogP contribution in [0.5, 0.6) is 5.75 Å². The van der Waals surface area contributed by atoms with Crippen molar-refractivity contribution in [2.24, 2.45) is 0 Å². The third-order valence-corrected chi connectivity index (χ3v) is 8.69.